The van der Waals surface area contributed by atoms with Crippen LogP contribution in [0.15, 0.2) is 24.3 Å². The molecule has 2 heterocycles. The second kappa shape index (κ2) is 4.46. The van der Waals surface area contributed by atoms with Gasteiger partial charge in [-0.1, -0.05) is 18.2 Å². The van der Waals surface area contributed by atoms with Gasteiger partial charge in [0.1, 0.15) is 6.23 Å². The molecule has 1 aromatic rings. The molecular weight excluding hydrogens is 279 g/mol. The Morgan fingerprint density at radius 1 is 1.29 bits per heavy atom. The summed E-state index contributed by atoms with van der Waals surface area (Å²) in [6.45, 7) is 4.82. The lowest BCUT2D eigenvalue weighted by molar-refractivity contribution is -0.137. The molecule has 2 bridgehead atoms. The summed E-state index contributed by atoms with van der Waals surface area (Å²) in [6.07, 6.45) is -2.75. The Morgan fingerprint density at radius 3 is 2.67 bits per heavy atom. The van der Waals surface area contributed by atoms with E-state index in [1.807, 2.05) is 27.0 Å². The van der Waals surface area contributed by atoms with Gasteiger partial charge in [0.2, 0.25) is 0 Å². The van der Waals surface area contributed by atoms with Gasteiger partial charge >= 0.3 is 6.18 Å². The fraction of sp³-hybridized carbons (Fsp3) is 0.625. The molecule has 2 saturated heterocycles. The lowest BCUT2D eigenvalue weighted by Gasteiger charge is -2.42. The molecule has 5 heteroatoms. The average Bonchev–Trinajstić information content (AvgIpc) is 2.63. The molecule has 116 valence electrons. The van der Waals surface area contributed by atoms with Crippen molar-refractivity contribution in [2.75, 3.05) is 13.6 Å². The SMILES string of the molecule is CN1CCC2(c3cccc(C(F)(F)F)c3)CC1OC2(C)C. The number of halogens is 3. The summed E-state index contributed by atoms with van der Waals surface area (Å²) in [5.74, 6) is 0. The summed E-state index contributed by atoms with van der Waals surface area (Å²) in [5.41, 5.74) is -0.636. The lowest BCUT2D eigenvalue weighted by Crippen LogP contribution is -2.47. The summed E-state index contributed by atoms with van der Waals surface area (Å²) in [4.78, 5) is 2.14. The van der Waals surface area contributed by atoms with Gasteiger partial charge in [0.05, 0.1) is 11.2 Å². The minimum absolute atomic E-state index is 0.0108. The van der Waals surface area contributed by atoms with Crippen LogP contribution in [-0.4, -0.2) is 30.3 Å². The first-order valence-electron chi connectivity index (χ1n) is 7.22. The molecule has 2 atom stereocenters. The van der Waals surface area contributed by atoms with Crippen molar-refractivity contribution < 1.29 is 17.9 Å². The van der Waals surface area contributed by atoms with Crippen molar-refractivity contribution in [1.29, 1.82) is 0 Å². The summed E-state index contributed by atoms with van der Waals surface area (Å²) in [7, 11) is 2.00. The molecule has 1 aromatic carbocycles. The van der Waals surface area contributed by atoms with Gasteiger partial charge < -0.3 is 4.74 Å². The molecule has 0 radical (unpaired) electrons. The van der Waals surface area contributed by atoms with Gasteiger partial charge in [0.25, 0.3) is 0 Å². The molecule has 2 nitrogen and oxygen atoms in total. The fourth-order valence-electron chi connectivity index (χ4n) is 3.80. The number of benzene rings is 1. The highest BCUT2D eigenvalue weighted by molar-refractivity contribution is 5.36. The number of hydrogen-bond acceptors (Lipinski definition) is 2. The quantitative estimate of drug-likeness (QED) is 0.782. The fourth-order valence-corrected chi connectivity index (χ4v) is 3.80. The maximum Gasteiger partial charge on any atom is 0.416 e. The van der Waals surface area contributed by atoms with Crippen LogP contribution in [0.25, 0.3) is 0 Å². The molecule has 0 amide bonds. The number of alkyl halides is 3. The molecule has 3 rings (SSSR count). The number of piperidine rings is 1. The Bertz CT molecular complexity index is 555. The molecule has 2 aliphatic rings. The zero-order valence-electron chi connectivity index (χ0n) is 12.5. The van der Waals surface area contributed by atoms with Crippen LogP contribution in [0.1, 0.15) is 37.8 Å². The summed E-state index contributed by atoms with van der Waals surface area (Å²) < 4.78 is 45.1. The molecule has 2 fully saturated rings. The summed E-state index contributed by atoms with van der Waals surface area (Å²) in [6, 6.07) is 5.76. The predicted molar refractivity (Wildman–Crippen MR) is 73.9 cm³/mol. The van der Waals surface area contributed by atoms with Crippen molar-refractivity contribution in [3.05, 3.63) is 35.4 Å². The minimum Gasteiger partial charge on any atom is -0.356 e. The van der Waals surface area contributed by atoms with E-state index < -0.39 is 17.3 Å². The van der Waals surface area contributed by atoms with E-state index in [9.17, 15) is 13.2 Å². The second-order valence-corrected chi connectivity index (χ2v) is 6.68. The van der Waals surface area contributed by atoms with Crippen LogP contribution < -0.4 is 0 Å². The molecule has 2 aliphatic heterocycles. The zero-order valence-corrected chi connectivity index (χ0v) is 12.5. The maximum absolute atomic E-state index is 13.0. The summed E-state index contributed by atoms with van der Waals surface area (Å²) in [5, 5.41) is 0. The number of rotatable bonds is 1. The normalized spacial score (nSPS) is 32.4. The first-order valence-corrected chi connectivity index (χ1v) is 7.22. The van der Waals surface area contributed by atoms with Gasteiger partial charge in [0.15, 0.2) is 0 Å². The molecule has 21 heavy (non-hydrogen) atoms. The van der Waals surface area contributed by atoms with Crippen LogP contribution in [0, 0.1) is 0 Å². The Kier molecular flexibility index (Phi) is 3.16. The minimum atomic E-state index is -4.30. The lowest BCUT2D eigenvalue weighted by atomic mass is 9.64. The van der Waals surface area contributed by atoms with Crippen LogP contribution in [0.4, 0.5) is 13.2 Å². The van der Waals surface area contributed by atoms with Crippen molar-refractivity contribution in [3.63, 3.8) is 0 Å². The number of nitrogens with zero attached hydrogens (tertiary/aromatic N) is 1. The van der Waals surface area contributed by atoms with Crippen LogP contribution in [0.3, 0.4) is 0 Å². The van der Waals surface area contributed by atoms with Gasteiger partial charge in [-0.15, -0.1) is 0 Å². The van der Waals surface area contributed by atoms with Crippen LogP contribution >= 0.6 is 0 Å². The Balaban J connectivity index is 2.07. The van der Waals surface area contributed by atoms with E-state index in [2.05, 4.69) is 4.90 Å². The van der Waals surface area contributed by atoms with E-state index in [-0.39, 0.29) is 11.6 Å². The van der Waals surface area contributed by atoms with Crippen LogP contribution in [0.5, 0.6) is 0 Å². The highest BCUT2D eigenvalue weighted by atomic mass is 19.4. The van der Waals surface area contributed by atoms with E-state index in [1.165, 1.54) is 12.1 Å². The Labute approximate surface area is 122 Å². The smallest absolute Gasteiger partial charge is 0.356 e. The van der Waals surface area contributed by atoms with Crippen LogP contribution in [-0.2, 0) is 16.3 Å². The van der Waals surface area contributed by atoms with Gasteiger partial charge in [-0.05, 0) is 45.4 Å². The third kappa shape index (κ3) is 2.18. The van der Waals surface area contributed by atoms with Gasteiger partial charge in [0, 0.05) is 12.0 Å². The third-order valence-corrected chi connectivity index (χ3v) is 5.23. The van der Waals surface area contributed by atoms with Crippen molar-refractivity contribution >= 4 is 0 Å². The third-order valence-electron chi connectivity index (χ3n) is 5.23. The second-order valence-electron chi connectivity index (χ2n) is 6.68. The largest absolute Gasteiger partial charge is 0.416 e. The van der Waals surface area contributed by atoms with Crippen molar-refractivity contribution in [2.24, 2.45) is 0 Å². The highest BCUT2D eigenvalue weighted by Gasteiger charge is 2.58. The molecule has 0 saturated carbocycles. The summed E-state index contributed by atoms with van der Waals surface area (Å²) >= 11 is 0. The number of ether oxygens (including phenoxy) is 1. The topological polar surface area (TPSA) is 12.5 Å². The predicted octanol–water partition coefficient (Wildman–Crippen LogP) is 3.80. The zero-order chi connectivity index (χ0) is 15.5. The molecule has 2 unspecified atom stereocenters. The molecular formula is C16H20F3NO. The van der Waals surface area contributed by atoms with E-state index in [0.29, 0.717) is 0 Å². The van der Waals surface area contributed by atoms with Gasteiger partial charge in [-0.2, -0.15) is 13.2 Å². The molecule has 0 spiro atoms. The van der Waals surface area contributed by atoms with E-state index in [4.69, 9.17) is 4.74 Å². The maximum atomic E-state index is 13.0. The molecule has 0 aromatic heterocycles. The number of hydrogen-bond donors (Lipinski definition) is 0. The number of fused-ring (bicyclic) bond motifs is 2. The van der Waals surface area contributed by atoms with Crippen LogP contribution in [0.2, 0.25) is 0 Å². The standard InChI is InChI=1S/C16H20F3NO/c1-14(2)15(7-8-20(3)13(10-15)21-14)11-5-4-6-12(9-11)16(17,18)19/h4-6,9,13H,7-8,10H2,1-3H3. The van der Waals surface area contributed by atoms with Crippen molar-refractivity contribution in [2.45, 2.75) is 50.1 Å². The van der Waals surface area contributed by atoms with E-state index >= 15 is 0 Å². The average molecular weight is 299 g/mol. The van der Waals surface area contributed by atoms with E-state index in [0.717, 1.165) is 31.0 Å². The highest BCUT2D eigenvalue weighted by Crippen LogP contribution is 2.54. The van der Waals surface area contributed by atoms with Gasteiger partial charge in [-0.25, -0.2) is 0 Å². The Hall–Kier alpha value is -1.07. The van der Waals surface area contributed by atoms with Gasteiger partial charge in [-0.3, -0.25) is 4.90 Å². The number of likely N-dealkylation sites (tertiary alicyclic amines) is 1. The van der Waals surface area contributed by atoms with E-state index in [1.54, 1.807) is 0 Å². The van der Waals surface area contributed by atoms with Crippen molar-refractivity contribution in [3.8, 4) is 0 Å². The first kappa shape index (κ1) is 14.9. The molecule has 0 aliphatic carbocycles. The first-order chi connectivity index (χ1) is 9.66. The Morgan fingerprint density at radius 2 is 2.00 bits per heavy atom. The van der Waals surface area contributed by atoms with Crippen molar-refractivity contribution in [1.82, 2.24) is 4.90 Å². The molecule has 0 N–H and O–H groups in total. The monoisotopic (exact) mass is 299 g/mol.